The van der Waals surface area contributed by atoms with Gasteiger partial charge in [-0.15, -0.1) is 11.3 Å². The van der Waals surface area contributed by atoms with Crippen LogP contribution < -0.4 is 5.32 Å². The number of rotatable bonds is 8. The van der Waals surface area contributed by atoms with Crippen molar-refractivity contribution in [2.24, 2.45) is 0 Å². The van der Waals surface area contributed by atoms with E-state index in [0.29, 0.717) is 30.3 Å². The number of fused-ring (bicyclic) bond motifs is 1. The highest BCUT2D eigenvalue weighted by molar-refractivity contribution is 7.88. The highest BCUT2D eigenvalue weighted by Crippen LogP contribution is 2.40. The second-order valence-corrected chi connectivity index (χ2v) is 10.7. The Bertz CT molecular complexity index is 994. The Balaban J connectivity index is 1.67. The Labute approximate surface area is 170 Å². The summed E-state index contributed by atoms with van der Waals surface area (Å²) < 4.78 is 25.1. The van der Waals surface area contributed by atoms with Crippen molar-refractivity contribution >= 4 is 37.5 Å². The summed E-state index contributed by atoms with van der Waals surface area (Å²) in [5.74, 6) is 1.23. The van der Waals surface area contributed by atoms with E-state index in [0.717, 1.165) is 40.1 Å². The second-order valence-electron chi connectivity index (χ2n) is 7.75. The van der Waals surface area contributed by atoms with E-state index in [1.165, 1.54) is 21.9 Å². The van der Waals surface area contributed by atoms with E-state index < -0.39 is 10.0 Å². The van der Waals surface area contributed by atoms with Crippen molar-refractivity contribution in [3.63, 3.8) is 0 Å². The van der Waals surface area contributed by atoms with Crippen LogP contribution in [0.25, 0.3) is 10.2 Å². The van der Waals surface area contributed by atoms with Crippen molar-refractivity contribution in [3.8, 4) is 0 Å². The number of aromatic nitrogens is 2. The maximum absolute atomic E-state index is 12.7. The first-order valence-corrected chi connectivity index (χ1v) is 12.3. The summed E-state index contributed by atoms with van der Waals surface area (Å²) in [6.45, 7) is 8.41. The Hall–Kier alpha value is -1.58. The first-order valence-electron chi connectivity index (χ1n) is 9.62. The highest BCUT2D eigenvalue weighted by Gasteiger charge is 2.28. The molecule has 0 aromatic carbocycles. The number of amides is 1. The summed E-state index contributed by atoms with van der Waals surface area (Å²) in [6.07, 6.45) is 4.06. The molecule has 2 aromatic heterocycles. The maximum atomic E-state index is 12.7. The summed E-state index contributed by atoms with van der Waals surface area (Å²) in [5, 5.41) is 3.89. The van der Waals surface area contributed by atoms with E-state index >= 15 is 0 Å². The molecule has 28 heavy (non-hydrogen) atoms. The molecule has 1 amide bonds. The summed E-state index contributed by atoms with van der Waals surface area (Å²) in [7, 11) is -3.24. The van der Waals surface area contributed by atoms with Gasteiger partial charge in [0.1, 0.15) is 10.7 Å². The molecule has 1 aliphatic rings. The number of thiophene rings is 1. The second kappa shape index (κ2) is 8.04. The van der Waals surface area contributed by atoms with Gasteiger partial charge in [0.25, 0.3) is 5.91 Å². The lowest BCUT2D eigenvalue weighted by Crippen LogP contribution is -2.38. The third-order valence-corrected chi connectivity index (χ3v) is 7.62. The van der Waals surface area contributed by atoms with Crippen LogP contribution in [0.3, 0.4) is 0 Å². The van der Waals surface area contributed by atoms with Crippen LogP contribution >= 0.6 is 11.3 Å². The molecule has 9 heteroatoms. The van der Waals surface area contributed by atoms with Crippen LogP contribution in [0.1, 0.15) is 65.8 Å². The van der Waals surface area contributed by atoms with Crippen LogP contribution in [0.4, 0.5) is 0 Å². The fourth-order valence-corrected chi connectivity index (χ4v) is 5.81. The number of carbonyl (C=O) groups is 1. The van der Waals surface area contributed by atoms with Gasteiger partial charge in [-0.25, -0.2) is 18.4 Å². The van der Waals surface area contributed by atoms with Gasteiger partial charge in [-0.2, -0.15) is 4.31 Å². The number of hydrogen-bond donors (Lipinski definition) is 1. The lowest BCUT2D eigenvalue weighted by atomic mass is 10.1. The Morgan fingerprint density at radius 1 is 1.29 bits per heavy atom. The predicted octanol–water partition coefficient (Wildman–Crippen LogP) is 2.98. The number of sulfonamides is 1. The predicted molar refractivity (Wildman–Crippen MR) is 113 cm³/mol. The van der Waals surface area contributed by atoms with Crippen LogP contribution in [-0.4, -0.2) is 54.0 Å². The summed E-state index contributed by atoms with van der Waals surface area (Å²) in [4.78, 5) is 23.5. The molecule has 1 aliphatic carbocycles. The molecule has 0 saturated heterocycles. The topological polar surface area (TPSA) is 92.3 Å². The molecule has 1 saturated carbocycles. The summed E-state index contributed by atoms with van der Waals surface area (Å²) in [6, 6.07) is -0.0993. The molecule has 7 nitrogen and oxygen atoms in total. The average molecular weight is 425 g/mol. The maximum Gasteiger partial charge on any atom is 0.261 e. The molecule has 0 bridgehead atoms. The first-order chi connectivity index (χ1) is 13.1. The van der Waals surface area contributed by atoms with E-state index in [4.69, 9.17) is 0 Å². The largest absolute Gasteiger partial charge is 0.351 e. The standard InChI is InChI=1S/C19H28N4O3S2/c1-11(2)23(28(5,25)26)10-6-9-20-18(24)16-12(3)15-13(4)21-17(14-7-8-14)22-19(15)27-16/h11,14H,6-10H2,1-5H3,(H,20,24). The first kappa shape index (κ1) is 21.1. The van der Waals surface area contributed by atoms with Crippen molar-refractivity contribution < 1.29 is 13.2 Å². The van der Waals surface area contributed by atoms with Gasteiger partial charge in [0.15, 0.2) is 0 Å². The zero-order valence-corrected chi connectivity index (χ0v) is 18.7. The van der Waals surface area contributed by atoms with Gasteiger partial charge >= 0.3 is 0 Å². The number of nitrogens with zero attached hydrogens (tertiary/aromatic N) is 3. The van der Waals surface area contributed by atoms with Crippen molar-refractivity contribution in [1.29, 1.82) is 0 Å². The monoisotopic (exact) mass is 424 g/mol. The third-order valence-electron chi connectivity index (χ3n) is 4.98. The molecule has 1 fully saturated rings. The van der Waals surface area contributed by atoms with Gasteiger partial charge in [-0.1, -0.05) is 0 Å². The van der Waals surface area contributed by atoms with E-state index in [2.05, 4.69) is 15.3 Å². The van der Waals surface area contributed by atoms with Gasteiger partial charge in [0, 0.05) is 30.4 Å². The minimum atomic E-state index is -3.24. The number of hydrogen-bond acceptors (Lipinski definition) is 6. The molecule has 0 spiro atoms. The molecule has 0 aliphatic heterocycles. The van der Waals surface area contributed by atoms with Gasteiger partial charge in [-0.05, 0) is 52.5 Å². The Kier molecular flexibility index (Phi) is 6.07. The van der Waals surface area contributed by atoms with E-state index in [-0.39, 0.29) is 11.9 Å². The van der Waals surface area contributed by atoms with E-state index in [1.807, 2.05) is 27.7 Å². The van der Waals surface area contributed by atoms with Crippen molar-refractivity contribution in [2.45, 2.75) is 58.9 Å². The van der Waals surface area contributed by atoms with Gasteiger partial charge in [0.2, 0.25) is 10.0 Å². The van der Waals surface area contributed by atoms with Crippen LogP contribution in [0.5, 0.6) is 0 Å². The van der Waals surface area contributed by atoms with Gasteiger partial charge in [0.05, 0.1) is 16.8 Å². The number of nitrogens with one attached hydrogen (secondary N) is 1. The quantitative estimate of drug-likeness (QED) is 0.658. The smallest absolute Gasteiger partial charge is 0.261 e. The zero-order chi connectivity index (χ0) is 20.6. The average Bonchev–Trinajstić information content (AvgIpc) is 3.37. The molecule has 2 aromatic rings. The summed E-state index contributed by atoms with van der Waals surface area (Å²) >= 11 is 1.41. The van der Waals surface area contributed by atoms with Crippen molar-refractivity contribution in [3.05, 3.63) is 22.0 Å². The minimum absolute atomic E-state index is 0.0993. The van der Waals surface area contributed by atoms with Crippen LogP contribution in [0.15, 0.2) is 0 Å². The molecule has 3 rings (SSSR count). The van der Waals surface area contributed by atoms with Crippen molar-refractivity contribution in [2.75, 3.05) is 19.3 Å². The fourth-order valence-electron chi connectivity index (χ4n) is 3.42. The zero-order valence-electron chi connectivity index (χ0n) is 17.1. The lowest BCUT2D eigenvalue weighted by Gasteiger charge is -2.23. The normalized spacial score (nSPS) is 15.0. The number of carbonyl (C=O) groups excluding carboxylic acids is 1. The Morgan fingerprint density at radius 2 is 1.96 bits per heavy atom. The van der Waals surface area contributed by atoms with Crippen LogP contribution in [0.2, 0.25) is 0 Å². The number of aryl methyl sites for hydroxylation is 2. The van der Waals surface area contributed by atoms with E-state index in [9.17, 15) is 13.2 Å². The molecular weight excluding hydrogens is 396 g/mol. The Morgan fingerprint density at radius 3 is 2.54 bits per heavy atom. The molecule has 0 unspecified atom stereocenters. The fraction of sp³-hybridized carbons (Fsp3) is 0.632. The molecule has 2 heterocycles. The molecule has 0 radical (unpaired) electrons. The van der Waals surface area contributed by atoms with Crippen molar-refractivity contribution in [1.82, 2.24) is 19.6 Å². The minimum Gasteiger partial charge on any atom is -0.351 e. The SMILES string of the molecule is Cc1nc(C2CC2)nc2sc(C(=O)NCCCN(C(C)C)S(C)(=O)=O)c(C)c12. The lowest BCUT2D eigenvalue weighted by molar-refractivity contribution is 0.0956. The third kappa shape index (κ3) is 4.52. The molecule has 0 atom stereocenters. The van der Waals surface area contributed by atoms with Crippen LogP contribution in [-0.2, 0) is 10.0 Å². The molecule has 1 N–H and O–H groups in total. The molecular formula is C19H28N4O3S2. The van der Waals surface area contributed by atoms with Gasteiger partial charge in [-0.3, -0.25) is 4.79 Å². The van der Waals surface area contributed by atoms with Crippen LogP contribution in [0, 0.1) is 13.8 Å². The highest BCUT2D eigenvalue weighted by atomic mass is 32.2. The van der Waals surface area contributed by atoms with E-state index in [1.54, 1.807) is 0 Å². The van der Waals surface area contributed by atoms with Gasteiger partial charge < -0.3 is 5.32 Å². The summed E-state index contributed by atoms with van der Waals surface area (Å²) in [5.41, 5.74) is 1.85. The molecule has 154 valence electrons.